The van der Waals surface area contributed by atoms with Crippen LogP contribution in [-0.2, 0) is 6.54 Å². The van der Waals surface area contributed by atoms with Gasteiger partial charge in [-0.1, -0.05) is 23.7 Å². The first-order chi connectivity index (χ1) is 8.24. The first-order valence-electron chi connectivity index (χ1n) is 5.33. The second-order valence-electron chi connectivity index (χ2n) is 3.40. The largest absolute Gasteiger partial charge is 0.494 e. The van der Waals surface area contributed by atoms with Crippen molar-refractivity contribution in [2.45, 2.75) is 13.5 Å². The molecule has 3 nitrogen and oxygen atoms in total. The van der Waals surface area contributed by atoms with Crippen LogP contribution in [0.5, 0.6) is 5.75 Å². The topological polar surface area (TPSA) is 48.1 Å². The lowest BCUT2D eigenvalue weighted by Crippen LogP contribution is -1.96. The molecule has 17 heavy (non-hydrogen) atoms. The maximum absolute atomic E-state index is 6.04. The summed E-state index contributed by atoms with van der Waals surface area (Å²) in [6.07, 6.45) is 0. The Morgan fingerprint density at radius 1 is 1.47 bits per heavy atom. The molecule has 0 saturated heterocycles. The van der Waals surface area contributed by atoms with Crippen molar-refractivity contribution in [3.63, 3.8) is 0 Å². The highest BCUT2D eigenvalue weighted by Crippen LogP contribution is 2.32. The molecule has 1 heterocycles. The van der Waals surface area contributed by atoms with Crippen LogP contribution >= 0.6 is 22.9 Å². The van der Waals surface area contributed by atoms with Gasteiger partial charge in [0.05, 0.1) is 12.3 Å². The summed E-state index contributed by atoms with van der Waals surface area (Å²) in [5, 5.41) is 0.872. The highest BCUT2D eigenvalue weighted by atomic mass is 35.5. The van der Waals surface area contributed by atoms with Crippen LogP contribution in [0.3, 0.4) is 0 Å². The Labute approximate surface area is 109 Å². The highest BCUT2D eigenvalue weighted by molar-refractivity contribution is 7.19. The van der Waals surface area contributed by atoms with Crippen molar-refractivity contribution in [1.82, 2.24) is 4.98 Å². The second-order valence-corrected chi connectivity index (χ2v) is 5.01. The monoisotopic (exact) mass is 268 g/mol. The number of benzene rings is 1. The number of hydrogen-bond donors (Lipinski definition) is 1. The lowest BCUT2D eigenvalue weighted by atomic mass is 10.2. The lowest BCUT2D eigenvalue weighted by molar-refractivity contribution is 0.340. The van der Waals surface area contributed by atoms with Crippen molar-refractivity contribution in [2.75, 3.05) is 6.61 Å². The average molecular weight is 269 g/mol. The van der Waals surface area contributed by atoms with Gasteiger partial charge in [0, 0.05) is 12.1 Å². The maximum atomic E-state index is 6.04. The second kappa shape index (κ2) is 5.49. The zero-order chi connectivity index (χ0) is 12.3. The first-order valence-corrected chi connectivity index (χ1v) is 6.52. The molecule has 2 aromatic rings. The van der Waals surface area contributed by atoms with Gasteiger partial charge >= 0.3 is 0 Å². The third kappa shape index (κ3) is 2.77. The van der Waals surface area contributed by atoms with E-state index in [1.165, 1.54) is 11.3 Å². The number of nitrogens with zero attached hydrogens (tertiary/aromatic N) is 1. The molecule has 2 N–H and O–H groups in total. The van der Waals surface area contributed by atoms with E-state index < -0.39 is 0 Å². The van der Waals surface area contributed by atoms with Crippen molar-refractivity contribution < 1.29 is 4.74 Å². The minimum atomic E-state index is 0.362. The molecule has 0 radical (unpaired) electrons. The number of aromatic nitrogens is 1. The third-order valence-electron chi connectivity index (χ3n) is 2.24. The summed E-state index contributed by atoms with van der Waals surface area (Å²) in [6.45, 7) is 2.97. The molecule has 1 aromatic heterocycles. The van der Waals surface area contributed by atoms with E-state index in [0.29, 0.717) is 17.5 Å². The number of nitrogens with two attached hydrogens (primary N) is 1. The van der Waals surface area contributed by atoms with Gasteiger partial charge in [0.2, 0.25) is 0 Å². The lowest BCUT2D eigenvalue weighted by Gasteiger charge is -2.03. The molecule has 2 rings (SSSR count). The molecular formula is C12H13ClN2OS. The Kier molecular flexibility index (Phi) is 3.99. The van der Waals surface area contributed by atoms with Crippen LogP contribution in [0.2, 0.25) is 4.34 Å². The molecule has 0 fully saturated rings. The number of rotatable bonds is 4. The quantitative estimate of drug-likeness (QED) is 0.925. The van der Waals surface area contributed by atoms with Crippen LogP contribution in [0.15, 0.2) is 24.3 Å². The van der Waals surface area contributed by atoms with Crippen molar-refractivity contribution in [3.8, 4) is 16.3 Å². The third-order valence-corrected chi connectivity index (χ3v) is 3.62. The molecule has 90 valence electrons. The molecule has 0 unspecified atom stereocenters. The van der Waals surface area contributed by atoms with Gasteiger partial charge < -0.3 is 10.5 Å². The van der Waals surface area contributed by atoms with Gasteiger partial charge in [0.1, 0.15) is 15.1 Å². The Balaban J connectivity index is 2.34. The molecule has 0 saturated carbocycles. The molecule has 0 aliphatic carbocycles. The molecule has 0 bridgehead atoms. The van der Waals surface area contributed by atoms with Crippen molar-refractivity contribution in [2.24, 2.45) is 5.73 Å². The minimum Gasteiger partial charge on any atom is -0.494 e. The van der Waals surface area contributed by atoms with Crippen molar-refractivity contribution >= 4 is 22.9 Å². The van der Waals surface area contributed by atoms with Gasteiger partial charge in [-0.25, -0.2) is 4.98 Å². The van der Waals surface area contributed by atoms with Gasteiger partial charge in [-0.3, -0.25) is 0 Å². The fourth-order valence-corrected chi connectivity index (χ4v) is 2.62. The van der Waals surface area contributed by atoms with Gasteiger partial charge in [-0.05, 0) is 19.1 Å². The Hall–Kier alpha value is -1.10. The normalized spacial score (nSPS) is 10.5. The number of hydrogen-bond acceptors (Lipinski definition) is 4. The summed E-state index contributed by atoms with van der Waals surface area (Å²) >= 11 is 7.48. The van der Waals surface area contributed by atoms with E-state index in [1.54, 1.807) is 0 Å². The zero-order valence-corrected chi connectivity index (χ0v) is 11.0. The van der Waals surface area contributed by atoms with Gasteiger partial charge in [0.15, 0.2) is 0 Å². The standard InChI is InChI=1S/C12H13ClN2OS/c1-2-16-9-5-3-4-8(6-9)12-15-10(7-14)11(13)17-12/h3-6H,2,7,14H2,1H3. The molecule has 0 aliphatic heterocycles. The average Bonchev–Trinajstić information content (AvgIpc) is 2.71. The van der Waals surface area contributed by atoms with Crippen molar-refractivity contribution in [3.05, 3.63) is 34.3 Å². The molecule has 0 atom stereocenters. The number of halogens is 1. The molecule has 0 spiro atoms. The first kappa shape index (κ1) is 12.4. The summed E-state index contributed by atoms with van der Waals surface area (Å²) in [4.78, 5) is 4.41. The predicted octanol–water partition coefficient (Wildman–Crippen LogP) is 3.32. The van der Waals surface area contributed by atoms with E-state index in [0.717, 1.165) is 22.0 Å². The van der Waals surface area contributed by atoms with Gasteiger partial charge in [-0.15, -0.1) is 11.3 Å². The summed E-state index contributed by atoms with van der Waals surface area (Å²) in [5.74, 6) is 0.839. The molecule has 0 amide bonds. The van der Waals surface area contributed by atoms with Crippen LogP contribution < -0.4 is 10.5 Å². The summed E-state index contributed by atoms with van der Waals surface area (Å²) < 4.78 is 6.11. The van der Waals surface area contributed by atoms with Gasteiger partial charge in [0.25, 0.3) is 0 Å². The SMILES string of the molecule is CCOc1cccc(-c2nc(CN)c(Cl)s2)c1. The van der Waals surface area contributed by atoms with E-state index in [2.05, 4.69) is 4.98 Å². The number of ether oxygens (including phenoxy) is 1. The van der Waals surface area contributed by atoms with Crippen LogP contribution in [0, 0.1) is 0 Å². The molecular weight excluding hydrogens is 256 g/mol. The van der Waals surface area contributed by atoms with Crippen LogP contribution in [0.4, 0.5) is 0 Å². The summed E-state index contributed by atoms with van der Waals surface area (Å²) in [5.41, 5.74) is 7.30. The van der Waals surface area contributed by atoms with Crippen LogP contribution in [0.1, 0.15) is 12.6 Å². The van der Waals surface area contributed by atoms with E-state index in [1.807, 2.05) is 31.2 Å². The van der Waals surface area contributed by atoms with E-state index in [9.17, 15) is 0 Å². The fourth-order valence-electron chi connectivity index (χ4n) is 1.47. The smallest absolute Gasteiger partial charge is 0.125 e. The van der Waals surface area contributed by atoms with Crippen molar-refractivity contribution in [1.29, 1.82) is 0 Å². The fraction of sp³-hybridized carbons (Fsp3) is 0.250. The Bertz CT molecular complexity index is 513. The molecule has 5 heteroatoms. The van der Waals surface area contributed by atoms with Crippen LogP contribution in [-0.4, -0.2) is 11.6 Å². The minimum absolute atomic E-state index is 0.362. The van der Waals surface area contributed by atoms with E-state index >= 15 is 0 Å². The maximum Gasteiger partial charge on any atom is 0.125 e. The zero-order valence-electron chi connectivity index (χ0n) is 9.44. The highest BCUT2D eigenvalue weighted by Gasteiger charge is 2.10. The Morgan fingerprint density at radius 3 is 2.94 bits per heavy atom. The predicted molar refractivity (Wildman–Crippen MR) is 71.6 cm³/mol. The summed E-state index contributed by atoms with van der Waals surface area (Å²) in [7, 11) is 0. The Morgan fingerprint density at radius 2 is 2.29 bits per heavy atom. The summed E-state index contributed by atoms with van der Waals surface area (Å²) in [6, 6.07) is 7.81. The van der Waals surface area contributed by atoms with E-state index in [-0.39, 0.29) is 0 Å². The van der Waals surface area contributed by atoms with E-state index in [4.69, 9.17) is 22.1 Å². The van der Waals surface area contributed by atoms with Crippen LogP contribution in [0.25, 0.3) is 10.6 Å². The molecule has 1 aromatic carbocycles. The number of thiazole rings is 1. The molecule has 0 aliphatic rings. The van der Waals surface area contributed by atoms with Gasteiger partial charge in [-0.2, -0.15) is 0 Å².